The number of nitrogens with zero attached hydrogens (tertiary/aromatic N) is 1. The second-order valence-corrected chi connectivity index (χ2v) is 7.77. The Morgan fingerprint density at radius 2 is 2.00 bits per heavy atom. The summed E-state index contributed by atoms with van der Waals surface area (Å²) in [7, 11) is -2.17. The van der Waals surface area contributed by atoms with E-state index in [4.69, 9.17) is 0 Å². The predicted molar refractivity (Wildman–Crippen MR) is 86.0 cm³/mol. The Kier molecular flexibility index (Phi) is 5.82. The summed E-state index contributed by atoms with van der Waals surface area (Å²) in [6, 6.07) is 6.72. The molecule has 0 aromatic heterocycles. The molecule has 1 heterocycles. The molecule has 1 fully saturated rings. The lowest BCUT2D eigenvalue weighted by Gasteiger charge is -2.30. The van der Waals surface area contributed by atoms with E-state index in [1.54, 1.807) is 29.2 Å². The number of amides is 1. The molecule has 1 aliphatic heterocycles. The van der Waals surface area contributed by atoms with E-state index in [1.165, 1.54) is 7.11 Å². The van der Waals surface area contributed by atoms with Gasteiger partial charge in [0.2, 0.25) is 10.0 Å². The van der Waals surface area contributed by atoms with E-state index in [0.29, 0.717) is 24.1 Å². The van der Waals surface area contributed by atoms with Crippen LogP contribution in [0, 0.1) is 5.92 Å². The molecule has 1 N–H and O–H groups in total. The van der Waals surface area contributed by atoms with Gasteiger partial charge in [-0.25, -0.2) is 17.9 Å². The molecule has 0 spiro atoms. The smallest absolute Gasteiger partial charge is 0.409 e. The maximum Gasteiger partial charge on any atom is 0.409 e. The van der Waals surface area contributed by atoms with Gasteiger partial charge in [-0.3, -0.25) is 0 Å². The minimum atomic E-state index is -3.53. The topological polar surface area (TPSA) is 75.7 Å². The highest BCUT2D eigenvalue weighted by Crippen LogP contribution is 2.22. The zero-order valence-electron chi connectivity index (χ0n) is 12.3. The van der Waals surface area contributed by atoms with Crippen LogP contribution in [0.25, 0.3) is 0 Å². The number of likely N-dealkylation sites (tertiary alicyclic amines) is 1. The number of hydrogen-bond donors (Lipinski definition) is 1. The monoisotopic (exact) mass is 390 g/mol. The van der Waals surface area contributed by atoms with Gasteiger partial charge in [0, 0.05) is 24.1 Å². The first-order valence-electron chi connectivity index (χ1n) is 7.01. The summed E-state index contributed by atoms with van der Waals surface area (Å²) < 4.78 is 32.5. The van der Waals surface area contributed by atoms with Crippen LogP contribution in [0.3, 0.4) is 0 Å². The Labute approximate surface area is 139 Å². The van der Waals surface area contributed by atoms with Gasteiger partial charge in [0.05, 0.1) is 12.0 Å². The van der Waals surface area contributed by atoms with Crippen molar-refractivity contribution in [2.24, 2.45) is 5.92 Å². The van der Waals surface area contributed by atoms with Crippen molar-refractivity contribution < 1.29 is 17.9 Å². The SMILES string of the molecule is COC(=O)N1CCC(CNS(=O)(=O)c2ccccc2Br)CC1. The fourth-order valence-corrected chi connectivity index (χ4v) is 4.53. The molecule has 0 aliphatic carbocycles. The fourth-order valence-electron chi connectivity index (χ4n) is 2.42. The second-order valence-electron chi connectivity index (χ2n) is 5.18. The van der Waals surface area contributed by atoms with Gasteiger partial charge in [-0.1, -0.05) is 12.1 Å². The Hall–Kier alpha value is -1.12. The lowest BCUT2D eigenvalue weighted by Crippen LogP contribution is -2.41. The van der Waals surface area contributed by atoms with Crippen molar-refractivity contribution in [1.29, 1.82) is 0 Å². The number of carbonyl (C=O) groups is 1. The quantitative estimate of drug-likeness (QED) is 0.854. The number of benzene rings is 1. The van der Waals surface area contributed by atoms with Crippen molar-refractivity contribution >= 4 is 32.0 Å². The van der Waals surface area contributed by atoms with Gasteiger partial charge in [-0.15, -0.1) is 0 Å². The number of piperidine rings is 1. The number of ether oxygens (including phenoxy) is 1. The summed E-state index contributed by atoms with van der Waals surface area (Å²) in [6.07, 6.45) is 1.19. The van der Waals surface area contributed by atoms with Gasteiger partial charge in [0.25, 0.3) is 0 Å². The van der Waals surface area contributed by atoms with Gasteiger partial charge in [0.15, 0.2) is 0 Å². The van der Waals surface area contributed by atoms with Gasteiger partial charge in [0.1, 0.15) is 0 Å². The van der Waals surface area contributed by atoms with Crippen LogP contribution in [0.15, 0.2) is 33.6 Å². The van der Waals surface area contributed by atoms with Crippen molar-refractivity contribution in [3.05, 3.63) is 28.7 Å². The zero-order chi connectivity index (χ0) is 16.2. The molecule has 122 valence electrons. The molecule has 0 unspecified atom stereocenters. The van der Waals surface area contributed by atoms with E-state index < -0.39 is 10.0 Å². The Morgan fingerprint density at radius 1 is 1.36 bits per heavy atom. The molecule has 22 heavy (non-hydrogen) atoms. The Bertz CT molecular complexity index is 627. The van der Waals surface area contributed by atoms with Crippen molar-refractivity contribution in [3.8, 4) is 0 Å². The third-order valence-corrected chi connectivity index (χ3v) is 6.17. The van der Waals surface area contributed by atoms with E-state index in [9.17, 15) is 13.2 Å². The average molecular weight is 391 g/mol. The summed E-state index contributed by atoms with van der Waals surface area (Å²) in [5.41, 5.74) is 0. The molecule has 1 aromatic rings. The predicted octanol–water partition coefficient (Wildman–Crippen LogP) is 2.21. The van der Waals surface area contributed by atoms with Crippen LogP contribution in [-0.2, 0) is 14.8 Å². The van der Waals surface area contributed by atoms with Gasteiger partial charge >= 0.3 is 6.09 Å². The van der Waals surface area contributed by atoms with Crippen LogP contribution < -0.4 is 4.72 Å². The molecule has 1 aromatic carbocycles. The lowest BCUT2D eigenvalue weighted by molar-refractivity contribution is 0.106. The molecule has 8 heteroatoms. The molecular formula is C14H19BrN2O4S. The molecule has 1 saturated heterocycles. The van der Waals surface area contributed by atoms with Crippen molar-refractivity contribution in [2.45, 2.75) is 17.7 Å². The van der Waals surface area contributed by atoms with Crippen molar-refractivity contribution in [3.63, 3.8) is 0 Å². The van der Waals surface area contributed by atoms with E-state index in [1.807, 2.05) is 0 Å². The third-order valence-electron chi connectivity index (χ3n) is 3.74. The number of nitrogens with one attached hydrogen (secondary N) is 1. The van der Waals surface area contributed by atoms with E-state index in [2.05, 4.69) is 25.4 Å². The number of methoxy groups -OCH3 is 1. The molecule has 1 aliphatic rings. The van der Waals surface area contributed by atoms with E-state index >= 15 is 0 Å². The molecular weight excluding hydrogens is 372 g/mol. The summed E-state index contributed by atoms with van der Waals surface area (Å²) >= 11 is 3.25. The van der Waals surface area contributed by atoms with E-state index in [-0.39, 0.29) is 16.9 Å². The molecule has 1 amide bonds. The summed E-state index contributed by atoms with van der Waals surface area (Å²) in [5.74, 6) is 0.221. The third kappa shape index (κ3) is 4.21. The van der Waals surface area contributed by atoms with Crippen LogP contribution in [0.4, 0.5) is 4.79 Å². The maximum atomic E-state index is 12.3. The van der Waals surface area contributed by atoms with Crippen molar-refractivity contribution in [2.75, 3.05) is 26.7 Å². The standard InChI is InChI=1S/C14H19BrN2O4S/c1-21-14(18)17-8-6-11(7-9-17)10-16-22(19,20)13-5-3-2-4-12(13)15/h2-5,11,16H,6-10H2,1H3. The molecule has 0 radical (unpaired) electrons. The van der Waals surface area contributed by atoms with Gasteiger partial charge in [-0.05, 0) is 46.8 Å². The van der Waals surface area contributed by atoms with Crippen LogP contribution >= 0.6 is 15.9 Å². The number of carbonyl (C=O) groups excluding carboxylic acids is 1. The average Bonchev–Trinajstić information content (AvgIpc) is 2.53. The van der Waals surface area contributed by atoms with Gasteiger partial charge in [-0.2, -0.15) is 0 Å². The molecule has 0 saturated carbocycles. The first-order chi connectivity index (χ1) is 10.4. The Morgan fingerprint density at radius 3 is 2.59 bits per heavy atom. The first kappa shape index (κ1) is 17.2. The lowest BCUT2D eigenvalue weighted by atomic mass is 9.97. The molecule has 0 atom stereocenters. The highest BCUT2D eigenvalue weighted by molar-refractivity contribution is 9.10. The fraction of sp³-hybridized carbons (Fsp3) is 0.500. The number of hydrogen-bond acceptors (Lipinski definition) is 4. The highest BCUT2D eigenvalue weighted by atomic mass is 79.9. The summed E-state index contributed by atoms with van der Waals surface area (Å²) in [6.45, 7) is 1.56. The largest absolute Gasteiger partial charge is 0.453 e. The van der Waals surface area contributed by atoms with Crippen LogP contribution in [0.5, 0.6) is 0 Å². The normalized spacial score (nSPS) is 16.5. The maximum absolute atomic E-state index is 12.3. The highest BCUT2D eigenvalue weighted by Gasteiger charge is 2.25. The molecule has 2 rings (SSSR count). The summed E-state index contributed by atoms with van der Waals surface area (Å²) in [4.78, 5) is 13.3. The number of halogens is 1. The second kappa shape index (κ2) is 7.43. The van der Waals surface area contributed by atoms with Crippen molar-refractivity contribution in [1.82, 2.24) is 9.62 Å². The zero-order valence-corrected chi connectivity index (χ0v) is 14.7. The van der Waals surface area contributed by atoms with Gasteiger partial charge < -0.3 is 9.64 Å². The van der Waals surface area contributed by atoms with E-state index in [0.717, 1.165) is 12.8 Å². The van der Waals surface area contributed by atoms with Crippen LogP contribution in [-0.4, -0.2) is 46.2 Å². The minimum Gasteiger partial charge on any atom is -0.453 e. The first-order valence-corrected chi connectivity index (χ1v) is 9.28. The number of sulfonamides is 1. The molecule has 0 bridgehead atoms. The van der Waals surface area contributed by atoms with Crippen LogP contribution in [0.2, 0.25) is 0 Å². The number of rotatable bonds is 4. The Balaban J connectivity index is 1.89. The summed E-state index contributed by atoms with van der Waals surface area (Å²) in [5, 5.41) is 0. The minimum absolute atomic E-state index is 0.221. The van der Waals surface area contributed by atoms with Crippen LogP contribution in [0.1, 0.15) is 12.8 Å². The molecule has 6 nitrogen and oxygen atoms in total.